The maximum absolute atomic E-state index is 13.4. The van der Waals surface area contributed by atoms with Gasteiger partial charge in [-0.1, -0.05) is 6.07 Å². The molecule has 0 aliphatic carbocycles. The smallest absolute Gasteiger partial charge is 0.255 e. The predicted molar refractivity (Wildman–Crippen MR) is 88.6 cm³/mol. The molecule has 0 radical (unpaired) electrons. The summed E-state index contributed by atoms with van der Waals surface area (Å²) in [5.74, 6) is -1.56. The lowest BCUT2D eigenvalue weighted by atomic mass is 10.1. The zero-order valence-electron chi connectivity index (χ0n) is 13.4. The molecule has 2 rings (SSSR count). The Morgan fingerprint density at radius 1 is 1.08 bits per heavy atom. The summed E-state index contributed by atoms with van der Waals surface area (Å²) in [6, 6.07) is 7.69. The lowest BCUT2D eigenvalue weighted by molar-refractivity contribution is 0.101. The van der Waals surface area contributed by atoms with E-state index in [-0.39, 0.29) is 27.5 Å². The third-order valence-electron chi connectivity index (χ3n) is 3.46. The van der Waals surface area contributed by atoms with Gasteiger partial charge in [0.25, 0.3) is 5.91 Å². The van der Waals surface area contributed by atoms with Crippen molar-refractivity contribution < 1.29 is 22.4 Å². The van der Waals surface area contributed by atoms with Crippen molar-refractivity contribution in [2.24, 2.45) is 0 Å². The van der Waals surface area contributed by atoms with E-state index in [0.29, 0.717) is 5.56 Å². The highest BCUT2D eigenvalue weighted by Crippen LogP contribution is 2.21. The first-order valence-electron chi connectivity index (χ1n) is 7.02. The summed E-state index contributed by atoms with van der Waals surface area (Å²) >= 11 is 0. The second-order valence-corrected chi connectivity index (χ2v) is 7.44. The number of rotatable bonds is 4. The average molecular weight is 349 g/mol. The first-order chi connectivity index (χ1) is 11.1. The molecule has 0 saturated heterocycles. The Bertz CT molecular complexity index is 936. The van der Waals surface area contributed by atoms with Gasteiger partial charge >= 0.3 is 0 Å². The second kappa shape index (κ2) is 6.52. The number of benzene rings is 2. The van der Waals surface area contributed by atoms with E-state index in [0.717, 1.165) is 18.4 Å². The van der Waals surface area contributed by atoms with Gasteiger partial charge < -0.3 is 5.32 Å². The summed E-state index contributed by atoms with van der Waals surface area (Å²) in [6.07, 6.45) is 1.05. The molecule has 2 aromatic rings. The number of carbonyl (C=O) groups excluding carboxylic acids is 2. The van der Waals surface area contributed by atoms with Crippen molar-refractivity contribution >= 4 is 27.2 Å². The van der Waals surface area contributed by atoms with Crippen LogP contribution in [0.25, 0.3) is 0 Å². The molecule has 0 fully saturated rings. The van der Waals surface area contributed by atoms with Gasteiger partial charge in [-0.2, -0.15) is 0 Å². The van der Waals surface area contributed by atoms with Crippen LogP contribution in [-0.2, 0) is 9.84 Å². The van der Waals surface area contributed by atoms with Crippen molar-refractivity contribution in [1.29, 1.82) is 0 Å². The van der Waals surface area contributed by atoms with E-state index >= 15 is 0 Å². The number of hydrogen-bond donors (Lipinski definition) is 1. The number of Topliss-reactive ketones (excluding diaryl/α,β-unsaturated/α-hetero) is 1. The normalized spacial score (nSPS) is 11.2. The minimum absolute atomic E-state index is 0.0361. The quantitative estimate of drug-likeness (QED) is 0.861. The third-order valence-corrected chi connectivity index (χ3v) is 4.70. The van der Waals surface area contributed by atoms with Gasteiger partial charge in [-0.05, 0) is 49.7 Å². The summed E-state index contributed by atoms with van der Waals surface area (Å²) in [4.78, 5) is 24.0. The van der Waals surface area contributed by atoms with Crippen molar-refractivity contribution in [1.82, 2.24) is 0 Å². The highest BCUT2D eigenvalue weighted by molar-refractivity contribution is 7.90. The summed E-state index contributed by atoms with van der Waals surface area (Å²) in [6.45, 7) is 2.93. The van der Waals surface area contributed by atoms with Crippen LogP contribution in [0.15, 0.2) is 41.3 Å². The molecule has 0 atom stereocenters. The average Bonchev–Trinajstić information content (AvgIpc) is 2.46. The Hall–Kier alpha value is -2.54. The zero-order chi connectivity index (χ0) is 18.1. The van der Waals surface area contributed by atoms with Crippen LogP contribution >= 0.6 is 0 Å². The van der Waals surface area contributed by atoms with Crippen molar-refractivity contribution in [3.05, 3.63) is 58.9 Å². The molecule has 1 N–H and O–H groups in total. The molecule has 1 amide bonds. The Morgan fingerprint density at radius 3 is 2.33 bits per heavy atom. The van der Waals surface area contributed by atoms with Gasteiger partial charge in [0, 0.05) is 17.4 Å². The molecular weight excluding hydrogens is 333 g/mol. The van der Waals surface area contributed by atoms with Gasteiger partial charge in [0.2, 0.25) is 0 Å². The summed E-state index contributed by atoms with van der Waals surface area (Å²) < 4.78 is 36.9. The van der Waals surface area contributed by atoms with Crippen LogP contribution in [0.1, 0.15) is 33.2 Å². The van der Waals surface area contributed by atoms with Crippen LogP contribution in [0.3, 0.4) is 0 Å². The van der Waals surface area contributed by atoms with Crippen LogP contribution < -0.4 is 5.32 Å². The van der Waals surface area contributed by atoms with Gasteiger partial charge in [-0.15, -0.1) is 0 Å². The lowest BCUT2D eigenvalue weighted by Crippen LogP contribution is -2.15. The Labute approximate surface area is 139 Å². The minimum Gasteiger partial charge on any atom is -0.321 e. The number of anilines is 1. The van der Waals surface area contributed by atoms with Crippen LogP contribution in [0, 0.1) is 12.7 Å². The Balaban J connectivity index is 2.42. The van der Waals surface area contributed by atoms with E-state index in [1.165, 1.54) is 31.2 Å². The first kappa shape index (κ1) is 17.8. The molecule has 0 heterocycles. The minimum atomic E-state index is -3.48. The van der Waals surface area contributed by atoms with Crippen molar-refractivity contribution in [2.45, 2.75) is 18.7 Å². The number of aryl methyl sites for hydroxylation is 1. The SMILES string of the molecule is CC(=O)c1ccc(F)cc1NC(=O)c1ccc(C)c(S(C)(=O)=O)c1. The molecule has 0 aromatic heterocycles. The van der Waals surface area contributed by atoms with E-state index in [4.69, 9.17) is 0 Å². The van der Waals surface area contributed by atoms with Crippen molar-refractivity contribution in [3.8, 4) is 0 Å². The highest BCUT2D eigenvalue weighted by atomic mass is 32.2. The Kier molecular flexibility index (Phi) is 4.84. The molecule has 0 aliphatic rings. The van der Waals surface area contributed by atoms with Gasteiger partial charge in [-0.3, -0.25) is 9.59 Å². The van der Waals surface area contributed by atoms with Crippen LogP contribution in [0.2, 0.25) is 0 Å². The Morgan fingerprint density at radius 2 is 1.75 bits per heavy atom. The number of halogens is 1. The molecule has 126 valence electrons. The molecule has 0 aliphatic heterocycles. The van der Waals surface area contributed by atoms with E-state index in [9.17, 15) is 22.4 Å². The number of carbonyl (C=O) groups is 2. The molecule has 0 bridgehead atoms. The number of ketones is 1. The monoisotopic (exact) mass is 349 g/mol. The van der Waals surface area contributed by atoms with Crippen LogP contribution in [0.4, 0.5) is 10.1 Å². The molecule has 0 saturated carbocycles. The second-order valence-electron chi connectivity index (χ2n) is 5.45. The molecule has 0 spiro atoms. The highest BCUT2D eigenvalue weighted by Gasteiger charge is 2.17. The summed E-state index contributed by atoms with van der Waals surface area (Å²) in [5.41, 5.74) is 0.818. The number of hydrogen-bond acceptors (Lipinski definition) is 4. The van der Waals surface area contributed by atoms with Crippen LogP contribution in [0.5, 0.6) is 0 Å². The van der Waals surface area contributed by atoms with Gasteiger partial charge in [0.1, 0.15) is 5.82 Å². The number of amides is 1. The lowest BCUT2D eigenvalue weighted by Gasteiger charge is -2.11. The van der Waals surface area contributed by atoms with Gasteiger partial charge in [-0.25, -0.2) is 12.8 Å². The summed E-state index contributed by atoms with van der Waals surface area (Å²) in [5, 5.41) is 2.45. The number of nitrogens with one attached hydrogen (secondary N) is 1. The van der Waals surface area contributed by atoms with Crippen molar-refractivity contribution in [2.75, 3.05) is 11.6 Å². The molecule has 0 unspecified atom stereocenters. The fourth-order valence-corrected chi connectivity index (χ4v) is 3.26. The van der Waals surface area contributed by atoms with Crippen molar-refractivity contribution in [3.63, 3.8) is 0 Å². The molecular formula is C17H16FNO4S. The fourth-order valence-electron chi connectivity index (χ4n) is 2.26. The fraction of sp³-hybridized carbons (Fsp3) is 0.176. The van der Waals surface area contributed by atoms with Crippen LogP contribution in [-0.4, -0.2) is 26.4 Å². The molecule has 24 heavy (non-hydrogen) atoms. The predicted octanol–water partition coefficient (Wildman–Crippen LogP) is 2.99. The maximum Gasteiger partial charge on any atom is 0.255 e. The van der Waals surface area contributed by atoms with Gasteiger partial charge in [0.05, 0.1) is 10.6 Å². The molecule has 5 nitrogen and oxygen atoms in total. The van der Waals surface area contributed by atoms with E-state index in [1.54, 1.807) is 6.92 Å². The standard InChI is InChI=1S/C17H16FNO4S/c1-10-4-5-12(8-16(10)24(3,22)23)17(21)19-15-9-13(18)6-7-14(15)11(2)20/h4-9H,1-3H3,(H,19,21). The largest absolute Gasteiger partial charge is 0.321 e. The first-order valence-corrected chi connectivity index (χ1v) is 8.91. The molecule has 7 heteroatoms. The van der Waals surface area contributed by atoms with E-state index in [1.807, 2.05) is 0 Å². The number of sulfone groups is 1. The van der Waals surface area contributed by atoms with Gasteiger partial charge in [0.15, 0.2) is 15.6 Å². The van der Waals surface area contributed by atoms with E-state index in [2.05, 4.69) is 5.32 Å². The molecule has 2 aromatic carbocycles. The zero-order valence-corrected chi connectivity index (χ0v) is 14.2. The van der Waals surface area contributed by atoms with E-state index < -0.39 is 21.6 Å². The third kappa shape index (κ3) is 3.86. The summed E-state index contributed by atoms with van der Waals surface area (Å²) in [7, 11) is -3.48. The maximum atomic E-state index is 13.4. The topological polar surface area (TPSA) is 80.3 Å².